The van der Waals surface area contributed by atoms with Crippen LogP contribution in [0.3, 0.4) is 0 Å². The van der Waals surface area contributed by atoms with Crippen LogP contribution in [0, 0.1) is 5.92 Å². The average Bonchev–Trinajstić information content (AvgIpc) is 2.77. The van der Waals surface area contributed by atoms with Gasteiger partial charge < -0.3 is 9.88 Å². The molecule has 0 bridgehead atoms. The van der Waals surface area contributed by atoms with Crippen LogP contribution in [-0.2, 0) is 11.8 Å². The van der Waals surface area contributed by atoms with E-state index in [1.165, 1.54) is 0 Å². The molecule has 1 amide bonds. The highest BCUT2D eigenvalue weighted by Crippen LogP contribution is 2.10. The van der Waals surface area contributed by atoms with Crippen LogP contribution in [0.5, 0.6) is 0 Å². The molecule has 1 unspecified atom stereocenters. The van der Waals surface area contributed by atoms with Gasteiger partial charge in [0.1, 0.15) is 6.33 Å². The predicted molar refractivity (Wildman–Crippen MR) is 50.6 cm³/mol. The van der Waals surface area contributed by atoms with E-state index in [1.54, 1.807) is 17.9 Å². The van der Waals surface area contributed by atoms with Gasteiger partial charge in [0.25, 0.3) is 0 Å². The van der Waals surface area contributed by atoms with Crippen molar-refractivity contribution in [3.05, 3.63) is 6.33 Å². The number of hydrogen-bond acceptors (Lipinski definition) is 4. The summed E-state index contributed by atoms with van der Waals surface area (Å²) in [5, 5.41) is 13.4. The number of aromatic nitrogens is 3. The first-order valence-corrected chi connectivity index (χ1v) is 4.63. The molecule has 1 atom stereocenters. The minimum atomic E-state index is 0.0195. The summed E-state index contributed by atoms with van der Waals surface area (Å²) in [6, 6.07) is 0. The van der Waals surface area contributed by atoms with E-state index < -0.39 is 0 Å². The van der Waals surface area contributed by atoms with Crippen molar-refractivity contribution < 1.29 is 4.79 Å². The quantitative estimate of drug-likeness (QED) is 0.658. The summed E-state index contributed by atoms with van der Waals surface area (Å²) < 4.78 is 1.68. The number of nitrogens with zero attached hydrogens (tertiary/aromatic N) is 3. The molecule has 0 spiro atoms. The van der Waals surface area contributed by atoms with Crippen LogP contribution in [0.1, 0.15) is 6.42 Å². The van der Waals surface area contributed by atoms with E-state index in [0.717, 1.165) is 19.5 Å². The predicted octanol–water partition coefficient (Wildman–Crippen LogP) is -0.637. The lowest BCUT2D eigenvalue weighted by atomic mass is 10.1. The van der Waals surface area contributed by atoms with E-state index in [1.807, 2.05) is 0 Å². The summed E-state index contributed by atoms with van der Waals surface area (Å²) in [7, 11) is 1.79. The minimum absolute atomic E-state index is 0.0195. The summed E-state index contributed by atoms with van der Waals surface area (Å²) in [6.45, 7) is 1.67. The van der Waals surface area contributed by atoms with Crippen LogP contribution in [0.2, 0.25) is 0 Å². The molecule has 14 heavy (non-hydrogen) atoms. The van der Waals surface area contributed by atoms with Crippen molar-refractivity contribution in [3.8, 4) is 0 Å². The number of rotatable bonds is 2. The van der Waals surface area contributed by atoms with Crippen LogP contribution in [0.25, 0.3) is 0 Å². The molecule has 1 aliphatic heterocycles. The van der Waals surface area contributed by atoms with Gasteiger partial charge in [-0.2, -0.15) is 0 Å². The molecule has 0 aromatic carbocycles. The third-order valence-corrected chi connectivity index (χ3v) is 2.38. The van der Waals surface area contributed by atoms with Gasteiger partial charge in [-0.1, -0.05) is 0 Å². The third-order valence-electron chi connectivity index (χ3n) is 2.38. The number of aryl methyl sites for hydroxylation is 1. The SMILES string of the molecule is Cn1cnnc1NC(=O)C1CCNC1. The molecule has 0 radical (unpaired) electrons. The van der Waals surface area contributed by atoms with Crippen LogP contribution in [0.4, 0.5) is 5.95 Å². The minimum Gasteiger partial charge on any atom is -0.316 e. The molecule has 6 heteroatoms. The zero-order chi connectivity index (χ0) is 9.97. The maximum Gasteiger partial charge on any atom is 0.231 e. The van der Waals surface area contributed by atoms with Crippen molar-refractivity contribution in [1.82, 2.24) is 20.1 Å². The topological polar surface area (TPSA) is 71.8 Å². The van der Waals surface area contributed by atoms with Crippen molar-refractivity contribution in [2.24, 2.45) is 13.0 Å². The Labute approximate surface area is 81.7 Å². The Bertz CT molecular complexity index is 328. The number of nitrogens with one attached hydrogen (secondary N) is 2. The Morgan fingerprint density at radius 1 is 1.79 bits per heavy atom. The van der Waals surface area contributed by atoms with E-state index >= 15 is 0 Å². The lowest BCUT2D eigenvalue weighted by Gasteiger charge is -2.08. The summed E-state index contributed by atoms with van der Waals surface area (Å²) in [5.74, 6) is 0.583. The molecule has 1 aromatic rings. The van der Waals surface area contributed by atoms with Crippen molar-refractivity contribution in [1.29, 1.82) is 0 Å². The Hall–Kier alpha value is -1.43. The normalized spacial score (nSPS) is 21.1. The van der Waals surface area contributed by atoms with E-state index in [0.29, 0.717) is 5.95 Å². The number of amides is 1. The number of hydrogen-bond donors (Lipinski definition) is 2. The van der Waals surface area contributed by atoms with Crippen molar-refractivity contribution in [2.75, 3.05) is 18.4 Å². The van der Waals surface area contributed by atoms with Gasteiger partial charge in [0.2, 0.25) is 11.9 Å². The van der Waals surface area contributed by atoms with E-state index in [4.69, 9.17) is 0 Å². The fourth-order valence-electron chi connectivity index (χ4n) is 1.49. The van der Waals surface area contributed by atoms with Crippen LogP contribution in [0.15, 0.2) is 6.33 Å². The first-order chi connectivity index (χ1) is 6.77. The van der Waals surface area contributed by atoms with Crippen LogP contribution >= 0.6 is 0 Å². The molecule has 1 aromatic heterocycles. The number of carbonyl (C=O) groups excluding carboxylic acids is 1. The zero-order valence-electron chi connectivity index (χ0n) is 8.03. The zero-order valence-corrected chi connectivity index (χ0v) is 8.03. The average molecular weight is 195 g/mol. The van der Waals surface area contributed by atoms with E-state index in [2.05, 4.69) is 20.8 Å². The highest BCUT2D eigenvalue weighted by Gasteiger charge is 2.23. The second kappa shape index (κ2) is 3.75. The largest absolute Gasteiger partial charge is 0.316 e. The first kappa shape index (κ1) is 9.14. The molecule has 6 nitrogen and oxygen atoms in total. The lowest BCUT2D eigenvalue weighted by Crippen LogP contribution is -2.25. The standard InChI is InChI=1S/C8H13N5O/c1-13-5-10-12-8(13)11-7(14)6-2-3-9-4-6/h5-6,9H,2-4H2,1H3,(H,11,12,14). The van der Waals surface area contributed by atoms with Gasteiger partial charge in [-0.25, -0.2) is 0 Å². The summed E-state index contributed by atoms with van der Waals surface area (Å²) in [4.78, 5) is 11.6. The van der Waals surface area contributed by atoms with Gasteiger partial charge in [-0.15, -0.1) is 10.2 Å². The second-order valence-corrected chi connectivity index (χ2v) is 3.44. The van der Waals surface area contributed by atoms with E-state index in [9.17, 15) is 4.79 Å². The summed E-state index contributed by atoms with van der Waals surface area (Å²) in [5.41, 5.74) is 0. The Morgan fingerprint density at radius 2 is 2.64 bits per heavy atom. The fraction of sp³-hybridized carbons (Fsp3) is 0.625. The third kappa shape index (κ3) is 1.74. The monoisotopic (exact) mass is 195 g/mol. The molecule has 2 N–H and O–H groups in total. The molecule has 2 heterocycles. The van der Waals surface area contributed by atoms with Crippen molar-refractivity contribution in [2.45, 2.75) is 6.42 Å². The smallest absolute Gasteiger partial charge is 0.231 e. The highest BCUT2D eigenvalue weighted by atomic mass is 16.2. The second-order valence-electron chi connectivity index (χ2n) is 3.44. The molecule has 2 rings (SSSR count). The highest BCUT2D eigenvalue weighted by molar-refractivity contribution is 5.91. The summed E-state index contributed by atoms with van der Waals surface area (Å²) >= 11 is 0. The number of anilines is 1. The maximum atomic E-state index is 11.6. The molecule has 1 aliphatic rings. The van der Waals surface area contributed by atoms with Crippen LogP contribution in [-0.4, -0.2) is 33.8 Å². The molecule has 1 saturated heterocycles. The Kier molecular flexibility index (Phi) is 2.45. The maximum absolute atomic E-state index is 11.6. The van der Waals surface area contributed by atoms with Gasteiger partial charge >= 0.3 is 0 Å². The molecule has 0 saturated carbocycles. The Morgan fingerprint density at radius 3 is 3.21 bits per heavy atom. The number of carbonyl (C=O) groups is 1. The van der Waals surface area contributed by atoms with Gasteiger partial charge in [-0.3, -0.25) is 10.1 Å². The van der Waals surface area contributed by atoms with Gasteiger partial charge in [-0.05, 0) is 13.0 Å². The van der Waals surface area contributed by atoms with Crippen molar-refractivity contribution >= 4 is 11.9 Å². The lowest BCUT2D eigenvalue weighted by molar-refractivity contribution is -0.119. The van der Waals surface area contributed by atoms with Gasteiger partial charge in [0, 0.05) is 13.6 Å². The molecular weight excluding hydrogens is 182 g/mol. The molecular formula is C8H13N5O. The summed E-state index contributed by atoms with van der Waals surface area (Å²) in [6.07, 6.45) is 2.45. The van der Waals surface area contributed by atoms with Crippen molar-refractivity contribution in [3.63, 3.8) is 0 Å². The van der Waals surface area contributed by atoms with Gasteiger partial charge in [0.15, 0.2) is 0 Å². The van der Waals surface area contributed by atoms with Gasteiger partial charge in [0.05, 0.1) is 5.92 Å². The Balaban J connectivity index is 1.97. The molecule has 1 fully saturated rings. The first-order valence-electron chi connectivity index (χ1n) is 4.63. The van der Waals surface area contributed by atoms with Crippen LogP contribution < -0.4 is 10.6 Å². The van der Waals surface area contributed by atoms with E-state index in [-0.39, 0.29) is 11.8 Å². The fourth-order valence-corrected chi connectivity index (χ4v) is 1.49. The molecule has 0 aliphatic carbocycles. The molecule has 76 valence electrons.